The Morgan fingerprint density at radius 2 is 1.52 bits per heavy atom. The van der Waals surface area contributed by atoms with Crippen molar-refractivity contribution in [2.75, 3.05) is 17.2 Å². The van der Waals surface area contributed by atoms with Gasteiger partial charge in [-0.25, -0.2) is 9.59 Å². The Hall–Kier alpha value is -3.87. The Morgan fingerprint density at radius 3 is 2.26 bits per heavy atom. The van der Waals surface area contributed by atoms with Crippen LogP contribution in [0.25, 0.3) is 10.8 Å². The Kier molecular flexibility index (Phi) is 7.22. The number of nitrogens with one attached hydrogen (secondary N) is 3. The SMILES string of the molecule is CC(C)[C@H](NC(=O)Nc1ccccc1)C(=O)OCC(=O)Nc1cccc2ccccc12. The molecule has 3 aromatic rings. The zero-order valence-electron chi connectivity index (χ0n) is 17.4. The number of ether oxygens (including phenoxy) is 1. The molecule has 0 spiro atoms. The van der Waals surface area contributed by atoms with Gasteiger partial charge in [0, 0.05) is 16.8 Å². The highest BCUT2D eigenvalue weighted by molar-refractivity contribution is 6.03. The maximum Gasteiger partial charge on any atom is 0.329 e. The van der Waals surface area contributed by atoms with E-state index in [1.54, 1.807) is 44.2 Å². The van der Waals surface area contributed by atoms with Crippen LogP contribution in [0.4, 0.5) is 16.2 Å². The number of benzene rings is 3. The molecule has 0 aliphatic carbocycles. The first-order valence-electron chi connectivity index (χ1n) is 10.0. The van der Waals surface area contributed by atoms with Crippen LogP contribution in [-0.2, 0) is 14.3 Å². The van der Waals surface area contributed by atoms with Crippen molar-refractivity contribution in [3.63, 3.8) is 0 Å². The Balaban J connectivity index is 1.55. The second kappa shape index (κ2) is 10.2. The van der Waals surface area contributed by atoms with Crippen molar-refractivity contribution in [3.8, 4) is 0 Å². The van der Waals surface area contributed by atoms with Crippen LogP contribution >= 0.6 is 0 Å². The highest BCUT2D eigenvalue weighted by atomic mass is 16.5. The lowest BCUT2D eigenvalue weighted by atomic mass is 10.1. The summed E-state index contributed by atoms with van der Waals surface area (Å²) in [7, 11) is 0. The van der Waals surface area contributed by atoms with Crippen molar-refractivity contribution < 1.29 is 19.1 Å². The van der Waals surface area contributed by atoms with E-state index in [1.165, 1.54) is 0 Å². The van der Waals surface area contributed by atoms with Crippen LogP contribution in [0.3, 0.4) is 0 Å². The fourth-order valence-corrected chi connectivity index (χ4v) is 3.07. The normalized spacial score (nSPS) is 11.6. The Labute approximate surface area is 180 Å². The van der Waals surface area contributed by atoms with E-state index < -0.39 is 30.6 Å². The first-order valence-corrected chi connectivity index (χ1v) is 10.0. The van der Waals surface area contributed by atoms with Crippen molar-refractivity contribution in [3.05, 3.63) is 72.8 Å². The van der Waals surface area contributed by atoms with Gasteiger partial charge in [-0.3, -0.25) is 4.79 Å². The van der Waals surface area contributed by atoms with E-state index in [-0.39, 0.29) is 5.92 Å². The van der Waals surface area contributed by atoms with Crippen LogP contribution in [0, 0.1) is 5.92 Å². The standard InChI is InChI=1S/C24H25N3O4/c1-16(2)22(27-24(30)25-18-11-4-3-5-12-18)23(29)31-15-21(28)26-20-14-8-10-17-9-6-7-13-19(17)20/h3-14,16,22H,15H2,1-2H3,(H,26,28)(H2,25,27,30)/t22-/m0/s1. The molecule has 0 aliphatic heterocycles. The van der Waals surface area contributed by atoms with Crippen molar-refractivity contribution in [1.29, 1.82) is 0 Å². The summed E-state index contributed by atoms with van der Waals surface area (Å²) in [5, 5.41) is 9.92. The number of amides is 3. The molecule has 31 heavy (non-hydrogen) atoms. The fraction of sp³-hybridized carbons (Fsp3) is 0.208. The summed E-state index contributed by atoms with van der Waals surface area (Å²) in [6.07, 6.45) is 0. The van der Waals surface area contributed by atoms with Gasteiger partial charge >= 0.3 is 12.0 Å². The summed E-state index contributed by atoms with van der Waals surface area (Å²) < 4.78 is 5.17. The number of fused-ring (bicyclic) bond motifs is 1. The van der Waals surface area contributed by atoms with Gasteiger partial charge in [-0.1, -0.05) is 68.4 Å². The third kappa shape index (κ3) is 6.05. The molecule has 3 aromatic carbocycles. The van der Waals surface area contributed by atoms with Crippen LogP contribution in [0.15, 0.2) is 72.8 Å². The molecule has 7 nitrogen and oxygen atoms in total. The van der Waals surface area contributed by atoms with Crippen LogP contribution in [0.2, 0.25) is 0 Å². The Morgan fingerprint density at radius 1 is 0.839 bits per heavy atom. The molecule has 0 aliphatic rings. The van der Waals surface area contributed by atoms with E-state index in [0.29, 0.717) is 11.4 Å². The first kappa shape index (κ1) is 21.8. The van der Waals surface area contributed by atoms with Gasteiger partial charge in [0.1, 0.15) is 6.04 Å². The number of anilines is 2. The molecule has 0 saturated heterocycles. The quantitative estimate of drug-likeness (QED) is 0.501. The number of hydrogen-bond donors (Lipinski definition) is 3. The van der Waals surface area contributed by atoms with Gasteiger partial charge in [0.15, 0.2) is 6.61 Å². The third-order valence-corrected chi connectivity index (χ3v) is 4.65. The van der Waals surface area contributed by atoms with Gasteiger partial charge in [0.05, 0.1) is 0 Å². The van der Waals surface area contributed by atoms with Crippen LogP contribution in [-0.4, -0.2) is 30.6 Å². The lowest BCUT2D eigenvalue weighted by molar-refractivity contribution is -0.150. The molecule has 7 heteroatoms. The van der Waals surface area contributed by atoms with Gasteiger partial charge in [-0.2, -0.15) is 0 Å². The minimum atomic E-state index is -0.894. The summed E-state index contributed by atoms with van der Waals surface area (Å²) in [4.78, 5) is 37.1. The van der Waals surface area contributed by atoms with Crippen LogP contribution in [0.1, 0.15) is 13.8 Å². The lowest BCUT2D eigenvalue weighted by Gasteiger charge is -2.21. The number of hydrogen-bond acceptors (Lipinski definition) is 4. The summed E-state index contributed by atoms with van der Waals surface area (Å²) in [5.74, 6) is -1.36. The summed E-state index contributed by atoms with van der Waals surface area (Å²) >= 11 is 0. The number of carbonyl (C=O) groups is 3. The molecule has 0 radical (unpaired) electrons. The zero-order valence-corrected chi connectivity index (χ0v) is 17.4. The molecule has 3 amide bonds. The molecular weight excluding hydrogens is 394 g/mol. The van der Waals surface area contributed by atoms with E-state index in [9.17, 15) is 14.4 Å². The molecule has 0 saturated carbocycles. The van der Waals surface area contributed by atoms with Gasteiger partial charge in [0.25, 0.3) is 5.91 Å². The topological polar surface area (TPSA) is 96.5 Å². The minimum absolute atomic E-state index is 0.227. The predicted octanol–water partition coefficient (Wildman–Crippen LogP) is 4.17. The predicted molar refractivity (Wildman–Crippen MR) is 121 cm³/mol. The molecule has 1 atom stereocenters. The van der Waals surface area contributed by atoms with Gasteiger partial charge < -0.3 is 20.7 Å². The number of urea groups is 1. The smallest absolute Gasteiger partial charge is 0.329 e. The van der Waals surface area contributed by atoms with E-state index in [2.05, 4.69) is 16.0 Å². The largest absolute Gasteiger partial charge is 0.454 e. The number of carbonyl (C=O) groups excluding carboxylic acids is 3. The first-order chi connectivity index (χ1) is 14.9. The third-order valence-electron chi connectivity index (χ3n) is 4.65. The summed E-state index contributed by atoms with van der Waals surface area (Å²) in [6, 6.07) is 20.7. The molecular formula is C24H25N3O4. The monoisotopic (exact) mass is 419 g/mol. The van der Waals surface area contributed by atoms with Crippen molar-refractivity contribution in [2.24, 2.45) is 5.92 Å². The second-order valence-corrected chi connectivity index (χ2v) is 7.37. The molecule has 0 fully saturated rings. The highest BCUT2D eigenvalue weighted by Crippen LogP contribution is 2.22. The minimum Gasteiger partial charge on any atom is -0.454 e. The molecule has 0 heterocycles. The number of rotatable bonds is 7. The van der Waals surface area contributed by atoms with Crippen LogP contribution < -0.4 is 16.0 Å². The van der Waals surface area contributed by atoms with Gasteiger partial charge in [0.2, 0.25) is 0 Å². The maximum atomic E-state index is 12.5. The van der Waals surface area contributed by atoms with Crippen LogP contribution in [0.5, 0.6) is 0 Å². The molecule has 3 rings (SSSR count). The van der Waals surface area contributed by atoms with E-state index >= 15 is 0 Å². The van der Waals surface area contributed by atoms with Crippen molar-refractivity contribution >= 4 is 40.1 Å². The zero-order chi connectivity index (χ0) is 22.2. The van der Waals surface area contributed by atoms with Crippen molar-refractivity contribution in [2.45, 2.75) is 19.9 Å². The average molecular weight is 419 g/mol. The molecule has 3 N–H and O–H groups in total. The van der Waals surface area contributed by atoms with Crippen molar-refractivity contribution in [1.82, 2.24) is 5.32 Å². The fourth-order valence-electron chi connectivity index (χ4n) is 3.07. The highest BCUT2D eigenvalue weighted by Gasteiger charge is 2.26. The molecule has 0 aromatic heterocycles. The summed E-state index contributed by atoms with van der Waals surface area (Å²) in [6.45, 7) is 3.11. The molecule has 0 bridgehead atoms. The second-order valence-electron chi connectivity index (χ2n) is 7.37. The average Bonchev–Trinajstić information content (AvgIpc) is 2.76. The van der Waals surface area contributed by atoms with Gasteiger partial charge in [-0.05, 0) is 29.5 Å². The summed E-state index contributed by atoms with van der Waals surface area (Å²) in [5.41, 5.74) is 1.24. The number of esters is 1. The van der Waals surface area contributed by atoms with E-state index in [4.69, 9.17) is 4.74 Å². The maximum absolute atomic E-state index is 12.5. The van der Waals surface area contributed by atoms with Gasteiger partial charge in [-0.15, -0.1) is 0 Å². The van der Waals surface area contributed by atoms with E-state index in [0.717, 1.165) is 10.8 Å². The van der Waals surface area contributed by atoms with E-state index in [1.807, 2.05) is 42.5 Å². The molecule has 160 valence electrons. The Bertz CT molecular complexity index is 1060. The molecule has 0 unspecified atom stereocenters. The lowest BCUT2D eigenvalue weighted by Crippen LogP contribution is -2.47. The number of para-hydroxylation sites is 1.